The number of phenolic OH excluding ortho intramolecular Hbond substituents is 2. The van der Waals surface area contributed by atoms with Crippen LogP contribution in [0.1, 0.15) is 55.2 Å². The van der Waals surface area contributed by atoms with Crippen LogP contribution in [0.5, 0.6) is 11.5 Å². The Morgan fingerprint density at radius 1 is 0.514 bits per heavy atom. The summed E-state index contributed by atoms with van der Waals surface area (Å²) in [5.41, 5.74) is 2.16. The fraction of sp³-hybridized carbons (Fsp3) is 0.222. The Labute approximate surface area is 203 Å². The zero-order chi connectivity index (χ0) is 26.5. The molecule has 0 saturated carbocycles. The van der Waals surface area contributed by atoms with Gasteiger partial charge in [0.1, 0.15) is 11.5 Å². The molecule has 5 N–H and O–H groups in total. The second-order valence-electron chi connectivity index (χ2n) is 7.78. The Hall–Kier alpha value is -4.33. The fourth-order valence-corrected chi connectivity index (χ4v) is 2.73. The standard InChI is InChI=1S/2C9H10O3.C9H10O2/c1-6(9(11)12)7-2-4-8(10)5-3-7;1-6(9(11)12)7-3-2-4-8(10)5-7;1-7(9(10)11)8-5-3-2-4-6-8/h2*2-6,10H,1H3,(H,11,12);2-7H,1H3,(H,10,11). The van der Waals surface area contributed by atoms with Crippen molar-refractivity contribution >= 4 is 17.9 Å². The monoisotopic (exact) mass is 482 g/mol. The number of aromatic hydroxyl groups is 2. The third kappa shape index (κ3) is 10.00. The predicted octanol–water partition coefficient (Wildman–Crippen LogP) is 5.04. The second kappa shape index (κ2) is 14.0. The van der Waals surface area contributed by atoms with E-state index in [1.165, 1.54) is 24.3 Å². The quantitative estimate of drug-likeness (QED) is 0.328. The van der Waals surface area contributed by atoms with Gasteiger partial charge in [0.05, 0.1) is 17.8 Å². The molecular formula is C27H30O8. The van der Waals surface area contributed by atoms with Crippen molar-refractivity contribution in [3.05, 3.63) is 95.6 Å². The number of benzene rings is 3. The molecular weight excluding hydrogens is 452 g/mol. The van der Waals surface area contributed by atoms with E-state index in [2.05, 4.69) is 0 Å². The maximum atomic E-state index is 10.5. The zero-order valence-corrected chi connectivity index (χ0v) is 19.7. The van der Waals surface area contributed by atoms with Crippen molar-refractivity contribution in [2.45, 2.75) is 38.5 Å². The molecule has 3 unspecified atom stereocenters. The Morgan fingerprint density at radius 2 is 0.914 bits per heavy atom. The molecule has 35 heavy (non-hydrogen) atoms. The molecule has 186 valence electrons. The number of carboxylic acid groups (broad SMARTS) is 3. The number of hydrogen-bond acceptors (Lipinski definition) is 5. The molecule has 0 aromatic heterocycles. The molecule has 0 spiro atoms. The van der Waals surface area contributed by atoms with Gasteiger partial charge in [-0.1, -0.05) is 54.6 Å². The van der Waals surface area contributed by atoms with Crippen molar-refractivity contribution in [3.63, 3.8) is 0 Å². The molecule has 0 bridgehead atoms. The first-order valence-electron chi connectivity index (χ1n) is 10.7. The highest BCUT2D eigenvalue weighted by atomic mass is 16.4. The molecule has 0 heterocycles. The topological polar surface area (TPSA) is 152 Å². The highest BCUT2D eigenvalue weighted by Gasteiger charge is 2.14. The predicted molar refractivity (Wildman–Crippen MR) is 131 cm³/mol. The number of carboxylic acids is 3. The molecule has 8 nitrogen and oxygen atoms in total. The van der Waals surface area contributed by atoms with Crippen LogP contribution in [0.3, 0.4) is 0 Å². The molecule has 3 atom stereocenters. The zero-order valence-electron chi connectivity index (χ0n) is 19.7. The summed E-state index contributed by atoms with van der Waals surface area (Å²) in [6.07, 6.45) is 0. The van der Waals surface area contributed by atoms with Crippen LogP contribution in [0.25, 0.3) is 0 Å². The number of aliphatic carboxylic acids is 3. The van der Waals surface area contributed by atoms with Gasteiger partial charge >= 0.3 is 17.9 Å². The lowest BCUT2D eigenvalue weighted by Gasteiger charge is -2.05. The van der Waals surface area contributed by atoms with Crippen LogP contribution >= 0.6 is 0 Å². The van der Waals surface area contributed by atoms with E-state index >= 15 is 0 Å². The van der Waals surface area contributed by atoms with Crippen LogP contribution in [0, 0.1) is 0 Å². The minimum Gasteiger partial charge on any atom is -0.508 e. The Bertz CT molecular complexity index is 1090. The minimum atomic E-state index is -0.888. The van der Waals surface area contributed by atoms with Crippen LogP contribution in [0.15, 0.2) is 78.9 Å². The van der Waals surface area contributed by atoms with E-state index < -0.39 is 35.7 Å². The van der Waals surface area contributed by atoms with Gasteiger partial charge in [-0.3, -0.25) is 14.4 Å². The summed E-state index contributed by atoms with van der Waals surface area (Å²) in [7, 11) is 0. The van der Waals surface area contributed by atoms with Gasteiger partial charge in [0, 0.05) is 0 Å². The molecule has 0 aliphatic carbocycles. The van der Waals surface area contributed by atoms with Crippen LogP contribution < -0.4 is 0 Å². The summed E-state index contributed by atoms with van der Waals surface area (Å²) >= 11 is 0. The highest BCUT2D eigenvalue weighted by Crippen LogP contribution is 2.20. The van der Waals surface area contributed by atoms with Gasteiger partial charge in [-0.15, -0.1) is 0 Å². The number of rotatable bonds is 6. The summed E-state index contributed by atoms with van der Waals surface area (Å²) < 4.78 is 0. The number of phenols is 2. The highest BCUT2D eigenvalue weighted by molar-refractivity contribution is 5.76. The Balaban J connectivity index is 0.000000263. The van der Waals surface area contributed by atoms with Crippen LogP contribution in [-0.4, -0.2) is 43.4 Å². The third-order valence-corrected chi connectivity index (χ3v) is 5.17. The SMILES string of the molecule is CC(C(=O)O)c1ccc(O)cc1.CC(C(=O)O)c1cccc(O)c1.CC(C(=O)O)c1ccccc1. The fourth-order valence-electron chi connectivity index (χ4n) is 2.73. The van der Waals surface area contributed by atoms with Crippen molar-refractivity contribution in [1.29, 1.82) is 0 Å². The average molecular weight is 483 g/mol. The summed E-state index contributed by atoms with van der Waals surface area (Å²) in [6, 6.07) is 21.6. The van der Waals surface area contributed by atoms with Crippen molar-refractivity contribution < 1.29 is 39.9 Å². The summed E-state index contributed by atoms with van der Waals surface area (Å²) in [4.78, 5) is 31.6. The minimum absolute atomic E-state index is 0.0978. The van der Waals surface area contributed by atoms with E-state index in [4.69, 9.17) is 25.5 Å². The van der Waals surface area contributed by atoms with Crippen molar-refractivity contribution in [1.82, 2.24) is 0 Å². The molecule has 8 heteroatoms. The largest absolute Gasteiger partial charge is 0.508 e. The van der Waals surface area contributed by atoms with Crippen LogP contribution in [-0.2, 0) is 14.4 Å². The van der Waals surface area contributed by atoms with Crippen molar-refractivity contribution in [3.8, 4) is 11.5 Å². The maximum Gasteiger partial charge on any atom is 0.310 e. The molecule has 3 aromatic carbocycles. The van der Waals surface area contributed by atoms with E-state index in [1.807, 2.05) is 30.3 Å². The van der Waals surface area contributed by atoms with E-state index in [0.717, 1.165) is 5.56 Å². The van der Waals surface area contributed by atoms with Gasteiger partial charge < -0.3 is 25.5 Å². The van der Waals surface area contributed by atoms with Crippen molar-refractivity contribution in [2.24, 2.45) is 0 Å². The molecule has 3 rings (SSSR count). The molecule has 0 saturated heterocycles. The van der Waals surface area contributed by atoms with Gasteiger partial charge in [0.15, 0.2) is 0 Å². The lowest BCUT2D eigenvalue weighted by atomic mass is 10.0. The van der Waals surface area contributed by atoms with Gasteiger partial charge in [-0.05, 0) is 61.7 Å². The van der Waals surface area contributed by atoms with E-state index in [0.29, 0.717) is 11.1 Å². The Kier molecular flexibility index (Phi) is 11.5. The first-order valence-corrected chi connectivity index (χ1v) is 10.7. The van der Waals surface area contributed by atoms with Gasteiger partial charge in [-0.25, -0.2) is 0 Å². The second-order valence-corrected chi connectivity index (χ2v) is 7.78. The average Bonchev–Trinajstić information content (AvgIpc) is 2.84. The normalized spacial score (nSPS) is 12.4. The molecule has 0 radical (unpaired) electrons. The number of hydrogen-bond donors (Lipinski definition) is 5. The molecule has 0 fully saturated rings. The third-order valence-electron chi connectivity index (χ3n) is 5.17. The van der Waals surface area contributed by atoms with Gasteiger partial charge in [0.2, 0.25) is 0 Å². The summed E-state index contributed by atoms with van der Waals surface area (Å²) in [6.45, 7) is 4.86. The van der Waals surface area contributed by atoms with E-state index in [-0.39, 0.29) is 11.5 Å². The smallest absolute Gasteiger partial charge is 0.310 e. The van der Waals surface area contributed by atoms with Crippen LogP contribution in [0.2, 0.25) is 0 Å². The number of carbonyl (C=O) groups is 3. The lowest BCUT2D eigenvalue weighted by molar-refractivity contribution is -0.139. The summed E-state index contributed by atoms with van der Waals surface area (Å²) in [5, 5.41) is 43.9. The van der Waals surface area contributed by atoms with E-state index in [1.54, 1.807) is 45.0 Å². The van der Waals surface area contributed by atoms with Crippen LogP contribution in [0.4, 0.5) is 0 Å². The maximum absolute atomic E-state index is 10.5. The first kappa shape index (κ1) is 28.7. The summed E-state index contributed by atoms with van der Waals surface area (Å²) in [5.74, 6) is -3.78. The molecule has 0 aliphatic heterocycles. The molecule has 0 amide bonds. The van der Waals surface area contributed by atoms with Gasteiger partial charge in [-0.2, -0.15) is 0 Å². The van der Waals surface area contributed by atoms with Gasteiger partial charge in [0.25, 0.3) is 0 Å². The molecule has 0 aliphatic rings. The molecule has 3 aromatic rings. The van der Waals surface area contributed by atoms with Crippen molar-refractivity contribution in [2.75, 3.05) is 0 Å². The first-order chi connectivity index (χ1) is 16.4. The van der Waals surface area contributed by atoms with E-state index in [9.17, 15) is 14.4 Å². The Morgan fingerprint density at radius 3 is 1.34 bits per heavy atom. The lowest BCUT2D eigenvalue weighted by Crippen LogP contribution is -2.06.